The highest BCUT2D eigenvalue weighted by molar-refractivity contribution is 5.96. The van der Waals surface area contributed by atoms with Gasteiger partial charge in [-0.25, -0.2) is 0 Å². The minimum atomic E-state index is -0.994. The van der Waals surface area contributed by atoms with E-state index in [1.807, 2.05) is 53.7 Å². The third-order valence-corrected chi connectivity index (χ3v) is 8.69. The smallest absolute Gasteiger partial charge is 0.247 e. The zero-order chi connectivity index (χ0) is 30.3. The number of carbonyl (C=O) groups is 4. The minimum Gasteiger partial charge on any atom is -0.488 e. The van der Waals surface area contributed by atoms with E-state index in [1.165, 1.54) is 4.90 Å². The highest BCUT2D eigenvalue weighted by Crippen LogP contribution is 2.27. The van der Waals surface area contributed by atoms with Crippen LogP contribution in [0.25, 0.3) is 6.08 Å². The van der Waals surface area contributed by atoms with Crippen LogP contribution in [0.5, 0.6) is 5.75 Å². The third kappa shape index (κ3) is 7.67. The Hall–Kier alpha value is -3.40. The lowest BCUT2D eigenvalue weighted by Gasteiger charge is -2.34. The Kier molecular flexibility index (Phi) is 11.3. The van der Waals surface area contributed by atoms with E-state index in [-0.39, 0.29) is 42.0 Å². The molecule has 1 aromatic carbocycles. The molecular formula is C31H47N5O5. The Balaban J connectivity index is 1.97. The summed E-state index contributed by atoms with van der Waals surface area (Å²) >= 11 is 0. The van der Waals surface area contributed by atoms with Gasteiger partial charge in [-0.2, -0.15) is 0 Å². The van der Waals surface area contributed by atoms with Crippen LogP contribution in [-0.4, -0.2) is 65.3 Å². The van der Waals surface area contributed by atoms with Crippen molar-refractivity contribution in [3.63, 3.8) is 0 Å². The average molecular weight is 570 g/mol. The van der Waals surface area contributed by atoms with Crippen LogP contribution in [0.1, 0.15) is 72.8 Å². The fraction of sp³-hybridized carbons (Fsp3) is 0.613. The molecule has 3 aliphatic heterocycles. The number of hydrogen-bond acceptors (Lipinski definition) is 6. The molecule has 8 atom stereocenters. The van der Waals surface area contributed by atoms with Crippen molar-refractivity contribution in [2.75, 3.05) is 6.54 Å². The topological polar surface area (TPSA) is 143 Å². The van der Waals surface area contributed by atoms with Crippen molar-refractivity contribution in [1.29, 1.82) is 0 Å². The molecule has 0 unspecified atom stereocenters. The Morgan fingerprint density at radius 2 is 1.68 bits per heavy atom. The molecule has 41 heavy (non-hydrogen) atoms. The molecule has 5 N–H and O–H groups in total. The monoisotopic (exact) mass is 569 g/mol. The highest BCUT2D eigenvalue weighted by Gasteiger charge is 2.47. The molecule has 0 aromatic heterocycles. The lowest BCUT2D eigenvalue weighted by Crippen LogP contribution is -2.61. The maximum atomic E-state index is 14.1. The number of nitrogens with zero attached hydrogens (tertiary/aromatic N) is 1. The van der Waals surface area contributed by atoms with Gasteiger partial charge < -0.3 is 31.3 Å². The predicted molar refractivity (Wildman–Crippen MR) is 158 cm³/mol. The molecule has 4 amide bonds. The SMILES string of the molecule is CC[C@H](C)[C@H](N)C(=O)N[C@@H](C(=O)N1CC[C@H]2Oc3ccc(cc3)/C=C\NC(=O)[C@H]([C@@H](C)CC)NC(=O)[C@H]21)[C@@H](C)CC. The van der Waals surface area contributed by atoms with E-state index in [9.17, 15) is 19.2 Å². The Morgan fingerprint density at radius 1 is 1.02 bits per heavy atom. The summed E-state index contributed by atoms with van der Waals surface area (Å²) in [5, 5.41) is 8.59. The zero-order valence-corrected chi connectivity index (χ0v) is 25.2. The van der Waals surface area contributed by atoms with Crippen LogP contribution in [0.15, 0.2) is 30.5 Å². The molecule has 4 rings (SSSR count). The number of rotatable bonds is 9. The van der Waals surface area contributed by atoms with Crippen molar-refractivity contribution < 1.29 is 23.9 Å². The molecule has 2 bridgehead atoms. The van der Waals surface area contributed by atoms with E-state index in [1.54, 1.807) is 24.4 Å². The lowest BCUT2D eigenvalue weighted by atomic mass is 9.94. The first-order chi connectivity index (χ1) is 19.5. The number of fused-ring (bicyclic) bond motifs is 7. The number of amides is 4. The number of hydrogen-bond donors (Lipinski definition) is 4. The first kappa shape index (κ1) is 32.1. The summed E-state index contributed by atoms with van der Waals surface area (Å²) in [7, 11) is 0. The van der Waals surface area contributed by atoms with E-state index in [4.69, 9.17) is 10.5 Å². The number of ether oxygens (including phenoxy) is 1. The largest absolute Gasteiger partial charge is 0.488 e. The molecule has 1 fully saturated rings. The first-order valence-electron chi connectivity index (χ1n) is 14.9. The first-order valence-corrected chi connectivity index (χ1v) is 14.9. The second-order valence-corrected chi connectivity index (χ2v) is 11.5. The third-order valence-electron chi connectivity index (χ3n) is 8.69. The standard InChI is InChI=1S/C31H47N5O5/c1-7-18(4)24(32)28(37)35-26(20(6)9-3)31(40)36-17-15-23-27(36)30(39)34-25(19(5)8-2)29(38)33-16-14-21-10-12-22(41-23)13-11-21/h10-14,16,18-20,23-27H,7-9,15,17,32H2,1-6H3,(H,33,38)(H,34,39)(H,35,37)/b16-14-/t18-,19-,20-,23+,24-,25-,26+,27-/m0/s1. The number of carbonyl (C=O) groups excluding carboxylic acids is 4. The molecule has 0 saturated carbocycles. The second-order valence-electron chi connectivity index (χ2n) is 11.5. The van der Waals surface area contributed by atoms with E-state index in [0.717, 1.165) is 12.0 Å². The maximum absolute atomic E-state index is 14.1. The summed E-state index contributed by atoms with van der Waals surface area (Å²) in [6.07, 6.45) is 5.14. The van der Waals surface area contributed by atoms with Gasteiger partial charge in [-0.3, -0.25) is 19.2 Å². The number of benzene rings is 1. The molecule has 10 heteroatoms. The summed E-state index contributed by atoms with van der Waals surface area (Å²) in [6, 6.07) is 3.90. The molecule has 0 spiro atoms. The molecule has 0 radical (unpaired) electrons. The normalized spacial score (nSPS) is 25.3. The van der Waals surface area contributed by atoms with Crippen LogP contribution >= 0.6 is 0 Å². The van der Waals surface area contributed by atoms with E-state index >= 15 is 0 Å². The molecule has 3 heterocycles. The van der Waals surface area contributed by atoms with Gasteiger partial charge in [-0.05, 0) is 41.5 Å². The Bertz CT molecular complexity index is 1110. The molecule has 226 valence electrons. The molecule has 1 saturated heterocycles. The lowest BCUT2D eigenvalue weighted by molar-refractivity contribution is -0.145. The van der Waals surface area contributed by atoms with Crippen LogP contribution in [0.4, 0.5) is 0 Å². The fourth-order valence-corrected chi connectivity index (χ4v) is 5.15. The van der Waals surface area contributed by atoms with Gasteiger partial charge in [0.15, 0.2) is 0 Å². The predicted octanol–water partition coefficient (Wildman–Crippen LogP) is 2.57. The maximum Gasteiger partial charge on any atom is 0.247 e. The molecule has 1 aromatic rings. The van der Waals surface area contributed by atoms with Crippen LogP contribution in [0.2, 0.25) is 0 Å². The van der Waals surface area contributed by atoms with E-state index in [2.05, 4.69) is 16.0 Å². The minimum absolute atomic E-state index is 0.0533. The van der Waals surface area contributed by atoms with Crippen LogP contribution < -0.4 is 26.4 Å². The van der Waals surface area contributed by atoms with Crippen molar-refractivity contribution >= 4 is 29.7 Å². The van der Waals surface area contributed by atoms with Gasteiger partial charge in [-0.15, -0.1) is 0 Å². The van der Waals surface area contributed by atoms with Crippen LogP contribution in [0.3, 0.4) is 0 Å². The number of nitrogens with two attached hydrogens (primary N) is 1. The Labute approximate surface area is 243 Å². The van der Waals surface area contributed by atoms with Crippen molar-refractivity contribution in [1.82, 2.24) is 20.9 Å². The zero-order valence-electron chi connectivity index (χ0n) is 25.2. The van der Waals surface area contributed by atoms with E-state index < -0.39 is 36.2 Å². The summed E-state index contributed by atoms with van der Waals surface area (Å²) < 4.78 is 6.28. The van der Waals surface area contributed by atoms with Crippen LogP contribution in [-0.2, 0) is 19.2 Å². The van der Waals surface area contributed by atoms with Gasteiger partial charge >= 0.3 is 0 Å². The average Bonchev–Trinajstić information content (AvgIpc) is 3.40. The number of nitrogens with one attached hydrogen (secondary N) is 3. The number of likely N-dealkylation sites (tertiary alicyclic amines) is 1. The highest BCUT2D eigenvalue weighted by atomic mass is 16.5. The van der Waals surface area contributed by atoms with Gasteiger partial charge in [0.2, 0.25) is 23.6 Å². The Morgan fingerprint density at radius 3 is 2.29 bits per heavy atom. The summed E-state index contributed by atoms with van der Waals surface area (Å²) in [6.45, 7) is 11.8. The summed E-state index contributed by atoms with van der Waals surface area (Å²) in [5.74, 6) is -1.39. The van der Waals surface area contributed by atoms with Gasteiger partial charge in [0.25, 0.3) is 0 Å². The van der Waals surface area contributed by atoms with Crippen LogP contribution in [0, 0.1) is 17.8 Å². The second kappa shape index (κ2) is 14.5. The van der Waals surface area contributed by atoms with Gasteiger partial charge in [0.1, 0.15) is 30.0 Å². The summed E-state index contributed by atoms with van der Waals surface area (Å²) in [4.78, 5) is 55.8. The molecule has 0 aliphatic carbocycles. The van der Waals surface area contributed by atoms with Gasteiger partial charge in [-0.1, -0.05) is 72.9 Å². The summed E-state index contributed by atoms with van der Waals surface area (Å²) in [5.41, 5.74) is 7.06. The molecule has 3 aliphatic rings. The van der Waals surface area contributed by atoms with Gasteiger partial charge in [0, 0.05) is 19.2 Å². The van der Waals surface area contributed by atoms with E-state index in [0.29, 0.717) is 25.0 Å². The molecule has 10 nitrogen and oxygen atoms in total. The molecular weight excluding hydrogens is 522 g/mol. The van der Waals surface area contributed by atoms with Crippen molar-refractivity contribution in [2.45, 2.75) is 97.5 Å². The fourth-order valence-electron chi connectivity index (χ4n) is 5.15. The van der Waals surface area contributed by atoms with Crippen molar-refractivity contribution in [3.05, 3.63) is 36.0 Å². The van der Waals surface area contributed by atoms with Crippen molar-refractivity contribution in [2.24, 2.45) is 23.5 Å². The quantitative estimate of drug-likeness (QED) is 0.360. The van der Waals surface area contributed by atoms with Gasteiger partial charge in [0.05, 0.1) is 6.04 Å². The van der Waals surface area contributed by atoms with Crippen molar-refractivity contribution in [3.8, 4) is 5.75 Å².